The Morgan fingerprint density at radius 3 is 2.38 bits per heavy atom. The molecule has 0 amide bonds. The van der Waals surface area contributed by atoms with Crippen molar-refractivity contribution in [3.05, 3.63) is 5.82 Å². The molecule has 16 heavy (non-hydrogen) atoms. The van der Waals surface area contributed by atoms with Crippen LogP contribution in [0.1, 0.15) is 45.4 Å². The first-order valence-electron chi connectivity index (χ1n) is 5.84. The molecule has 1 heterocycles. The summed E-state index contributed by atoms with van der Waals surface area (Å²) in [5.41, 5.74) is -0.263. The molecular formula is C11H20N4O. The zero-order valence-corrected chi connectivity index (χ0v) is 10.3. The topological polar surface area (TPSA) is 63.8 Å². The lowest BCUT2D eigenvalue weighted by atomic mass is 9.70. The van der Waals surface area contributed by atoms with Crippen LogP contribution in [-0.4, -0.2) is 30.9 Å². The maximum atomic E-state index is 10.4. The Hall–Kier alpha value is -0.970. The second kappa shape index (κ2) is 3.80. The fourth-order valence-corrected chi connectivity index (χ4v) is 2.26. The quantitative estimate of drug-likeness (QED) is 0.816. The molecule has 1 aromatic heterocycles. The Bertz CT molecular complexity index is 362. The molecule has 2 rings (SSSR count). The maximum absolute atomic E-state index is 10.4. The number of hydrogen-bond donors (Lipinski definition) is 1. The van der Waals surface area contributed by atoms with E-state index in [2.05, 4.69) is 29.3 Å². The van der Waals surface area contributed by atoms with Crippen molar-refractivity contribution in [3.63, 3.8) is 0 Å². The highest BCUT2D eigenvalue weighted by Gasteiger charge is 2.37. The molecule has 0 aliphatic heterocycles. The van der Waals surface area contributed by atoms with Crippen LogP contribution < -0.4 is 0 Å². The number of rotatable bonds is 2. The monoisotopic (exact) mass is 224 g/mol. The summed E-state index contributed by atoms with van der Waals surface area (Å²) in [5, 5.41) is 22.3. The summed E-state index contributed by atoms with van der Waals surface area (Å²) in [4.78, 5) is 1.44. The third kappa shape index (κ3) is 2.58. The number of aliphatic hydroxyl groups is 1. The van der Waals surface area contributed by atoms with E-state index >= 15 is 0 Å². The summed E-state index contributed by atoms with van der Waals surface area (Å²) in [6.45, 7) is 4.51. The molecule has 0 aromatic carbocycles. The normalized spacial score (nSPS) is 23.2. The van der Waals surface area contributed by atoms with E-state index in [0.29, 0.717) is 17.7 Å². The average molecular weight is 224 g/mol. The standard InChI is InChI=1S/C11H20N4O/c1-10(2)4-6-11(16,7-5-10)8-9-12-14-15(3)13-9/h16H,4-8H2,1-3H3. The van der Waals surface area contributed by atoms with Gasteiger partial charge in [0.1, 0.15) is 0 Å². The number of hydrogen-bond acceptors (Lipinski definition) is 4. The van der Waals surface area contributed by atoms with Crippen LogP contribution in [0.4, 0.5) is 0 Å². The van der Waals surface area contributed by atoms with E-state index < -0.39 is 5.60 Å². The summed E-state index contributed by atoms with van der Waals surface area (Å²) in [6.07, 6.45) is 4.31. The molecule has 0 saturated heterocycles. The highest BCUT2D eigenvalue weighted by Crippen LogP contribution is 2.41. The SMILES string of the molecule is Cn1nnc(CC2(O)CCC(C)(C)CC2)n1. The van der Waals surface area contributed by atoms with Crippen molar-refractivity contribution in [1.29, 1.82) is 0 Å². The van der Waals surface area contributed by atoms with Gasteiger partial charge in [0, 0.05) is 6.42 Å². The maximum Gasteiger partial charge on any atom is 0.177 e. The Morgan fingerprint density at radius 1 is 1.25 bits per heavy atom. The molecule has 1 aromatic rings. The molecule has 90 valence electrons. The molecule has 1 saturated carbocycles. The van der Waals surface area contributed by atoms with Gasteiger partial charge in [-0.3, -0.25) is 0 Å². The Balaban J connectivity index is 1.99. The van der Waals surface area contributed by atoms with Crippen LogP contribution in [0, 0.1) is 5.41 Å². The molecule has 0 unspecified atom stereocenters. The first-order chi connectivity index (χ1) is 7.39. The van der Waals surface area contributed by atoms with Gasteiger partial charge in [-0.2, -0.15) is 4.80 Å². The predicted octanol–water partition coefficient (Wildman–Crippen LogP) is 1.08. The van der Waals surface area contributed by atoms with Gasteiger partial charge in [0.05, 0.1) is 12.6 Å². The van der Waals surface area contributed by atoms with Crippen molar-refractivity contribution in [1.82, 2.24) is 20.2 Å². The number of aromatic nitrogens is 4. The van der Waals surface area contributed by atoms with Gasteiger partial charge >= 0.3 is 0 Å². The van der Waals surface area contributed by atoms with E-state index in [1.165, 1.54) is 4.80 Å². The van der Waals surface area contributed by atoms with E-state index in [1.807, 2.05) is 0 Å². The van der Waals surface area contributed by atoms with Crippen LogP contribution in [0.2, 0.25) is 0 Å². The van der Waals surface area contributed by atoms with Gasteiger partial charge in [0.2, 0.25) is 0 Å². The minimum Gasteiger partial charge on any atom is -0.389 e. The lowest BCUT2D eigenvalue weighted by Gasteiger charge is -2.39. The summed E-state index contributed by atoms with van der Waals surface area (Å²) in [7, 11) is 1.74. The molecule has 5 heteroatoms. The average Bonchev–Trinajstić information content (AvgIpc) is 2.58. The minimum absolute atomic E-state index is 0.363. The van der Waals surface area contributed by atoms with Gasteiger partial charge in [-0.1, -0.05) is 13.8 Å². The van der Waals surface area contributed by atoms with Gasteiger partial charge in [0.25, 0.3) is 0 Å². The smallest absolute Gasteiger partial charge is 0.177 e. The summed E-state index contributed by atoms with van der Waals surface area (Å²) >= 11 is 0. The largest absolute Gasteiger partial charge is 0.389 e. The van der Waals surface area contributed by atoms with Crippen LogP contribution in [0.3, 0.4) is 0 Å². The Kier molecular flexibility index (Phi) is 2.74. The van der Waals surface area contributed by atoms with Crippen molar-refractivity contribution < 1.29 is 5.11 Å². The van der Waals surface area contributed by atoms with Gasteiger partial charge in [-0.25, -0.2) is 0 Å². The molecule has 1 aliphatic carbocycles. The molecule has 1 fully saturated rings. The molecule has 0 radical (unpaired) electrons. The predicted molar refractivity (Wildman–Crippen MR) is 59.7 cm³/mol. The first kappa shape index (κ1) is 11.5. The molecule has 1 aliphatic rings. The second-order valence-corrected chi connectivity index (χ2v) is 5.76. The van der Waals surface area contributed by atoms with Gasteiger partial charge in [0.15, 0.2) is 5.82 Å². The zero-order chi connectivity index (χ0) is 11.8. The third-order valence-electron chi connectivity index (χ3n) is 3.57. The molecule has 1 N–H and O–H groups in total. The first-order valence-corrected chi connectivity index (χ1v) is 5.84. The van der Waals surface area contributed by atoms with Crippen LogP contribution in [0.15, 0.2) is 0 Å². The van der Waals surface area contributed by atoms with Crippen LogP contribution >= 0.6 is 0 Å². The van der Waals surface area contributed by atoms with Gasteiger partial charge < -0.3 is 5.11 Å². The molecule has 0 spiro atoms. The zero-order valence-electron chi connectivity index (χ0n) is 10.3. The summed E-state index contributed by atoms with van der Waals surface area (Å²) in [6, 6.07) is 0. The van der Waals surface area contributed by atoms with Gasteiger partial charge in [-0.15, -0.1) is 10.2 Å². The van der Waals surface area contributed by atoms with Crippen LogP contribution in [0.25, 0.3) is 0 Å². The van der Waals surface area contributed by atoms with E-state index in [9.17, 15) is 5.11 Å². The summed E-state index contributed by atoms with van der Waals surface area (Å²) < 4.78 is 0. The fraction of sp³-hybridized carbons (Fsp3) is 0.909. The van der Waals surface area contributed by atoms with E-state index in [-0.39, 0.29) is 0 Å². The Morgan fingerprint density at radius 2 is 1.88 bits per heavy atom. The molecule has 0 bridgehead atoms. The fourth-order valence-electron chi connectivity index (χ4n) is 2.26. The van der Waals surface area contributed by atoms with Crippen molar-refractivity contribution in [3.8, 4) is 0 Å². The minimum atomic E-state index is -0.626. The van der Waals surface area contributed by atoms with Crippen molar-refractivity contribution in [2.75, 3.05) is 0 Å². The van der Waals surface area contributed by atoms with Crippen molar-refractivity contribution in [2.24, 2.45) is 12.5 Å². The molecular weight excluding hydrogens is 204 g/mol. The lowest BCUT2D eigenvalue weighted by Crippen LogP contribution is -2.39. The lowest BCUT2D eigenvalue weighted by molar-refractivity contribution is -0.0265. The van der Waals surface area contributed by atoms with E-state index in [0.717, 1.165) is 25.7 Å². The second-order valence-electron chi connectivity index (χ2n) is 5.76. The van der Waals surface area contributed by atoms with Crippen molar-refractivity contribution >= 4 is 0 Å². The molecule has 0 atom stereocenters. The number of nitrogens with zero attached hydrogens (tertiary/aromatic N) is 4. The van der Waals surface area contributed by atoms with E-state index in [1.54, 1.807) is 7.05 Å². The highest BCUT2D eigenvalue weighted by molar-refractivity contribution is 4.95. The highest BCUT2D eigenvalue weighted by atomic mass is 16.3. The van der Waals surface area contributed by atoms with E-state index in [4.69, 9.17) is 0 Å². The van der Waals surface area contributed by atoms with Crippen molar-refractivity contribution in [2.45, 2.75) is 51.6 Å². The van der Waals surface area contributed by atoms with Gasteiger partial charge in [-0.05, 0) is 36.3 Å². The number of aryl methyl sites for hydroxylation is 1. The Labute approximate surface area is 95.9 Å². The molecule has 5 nitrogen and oxygen atoms in total. The number of tetrazole rings is 1. The third-order valence-corrected chi connectivity index (χ3v) is 3.57. The van der Waals surface area contributed by atoms with Crippen LogP contribution in [-0.2, 0) is 13.5 Å². The van der Waals surface area contributed by atoms with Crippen LogP contribution in [0.5, 0.6) is 0 Å². The summed E-state index contributed by atoms with van der Waals surface area (Å²) in [5.74, 6) is 0.643.